The van der Waals surface area contributed by atoms with Crippen molar-refractivity contribution in [1.29, 1.82) is 0 Å². The molecule has 3 nitrogen and oxygen atoms in total. The van der Waals surface area contributed by atoms with Crippen LogP contribution in [0.3, 0.4) is 0 Å². The number of para-hydroxylation sites is 1. The predicted molar refractivity (Wildman–Crippen MR) is 80.9 cm³/mol. The summed E-state index contributed by atoms with van der Waals surface area (Å²) in [5, 5.41) is 8.05. The molecule has 0 aromatic heterocycles. The van der Waals surface area contributed by atoms with E-state index in [1.165, 1.54) is 18.6 Å². The lowest BCUT2D eigenvalue weighted by molar-refractivity contribution is 0.498. The molecule has 18 heavy (non-hydrogen) atoms. The van der Waals surface area contributed by atoms with Gasteiger partial charge in [0.05, 0.1) is 0 Å². The van der Waals surface area contributed by atoms with Crippen molar-refractivity contribution in [1.82, 2.24) is 5.43 Å². The maximum atomic E-state index is 5.20. The minimum absolute atomic E-state index is 0.548. The summed E-state index contributed by atoms with van der Waals surface area (Å²) in [6, 6.07) is 9.87. The second-order valence-electron chi connectivity index (χ2n) is 4.81. The van der Waals surface area contributed by atoms with Gasteiger partial charge >= 0.3 is 0 Å². The molecule has 0 spiro atoms. The summed E-state index contributed by atoms with van der Waals surface area (Å²) < 4.78 is 0. The highest BCUT2D eigenvalue weighted by atomic mass is 32.1. The van der Waals surface area contributed by atoms with E-state index in [2.05, 4.69) is 22.8 Å². The van der Waals surface area contributed by atoms with Crippen LogP contribution in [0.4, 0.5) is 5.69 Å². The van der Waals surface area contributed by atoms with Crippen LogP contribution in [0.2, 0.25) is 0 Å². The Labute approximate surface area is 114 Å². The molecule has 1 aromatic rings. The van der Waals surface area contributed by atoms with Crippen LogP contribution >= 0.6 is 12.2 Å². The molecule has 1 aliphatic rings. The van der Waals surface area contributed by atoms with E-state index in [1.807, 2.05) is 30.3 Å². The van der Waals surface area contributed by atoms with Crippen molar-refractivity contribution in [3.8, 4) is 0 Å². The van der Waals surface area contributed by atoms with E-state index in [9.17, 15) is 0 Å². The monoisotopic (exact) mass is 261 g/mol. The average Bonchev–Trinajstić information content (AvgIpc) is 2.38. The Hall–Kier alpha value is -1.42. The highest BCUT2D eigenvalue weighted by molar-refractivity contribution is 7.80. The standard InChI is InChI=1S/C14H19N3S/c1-11-6-5-9-13(10-11)16-17-14(18)15-12-7-3-2-4-8-12/h2-4,7-8,11H,5-6,9-10H2,1H3,(H2,15,17,18)/b16-13-/t11-/m0/s1. The van der Waals surface area contributed by atoms with Gasteiger partial charge in [0.25, 0.3) is 0 Å². The Kier molecular flexibility index (Phi) is 4.70. The molecule has 0 radical (unpaired) electrons. The number of hydrogen-bond donors (Lipinski definition) is 2. The number of hydrogen-bond acceptors (Lipinski definition) is 2. The van der Waals surface area contributed by atoms with Gasteiger partial charge in [-0.15, -0.1) is 0 Å². The molecule has 2 N–H and O–H groups in total. The molecule has 0 saturated heterocycles. The number of rotatable bonds is 2. The Morgan fingerprint density at radius 1 is 1.33 bits per heavy atom. The van der Waals surface area contributed by atoms with Crippen LogP contribution in [-0.4, -0.2) is 10.8 Å². The summed E-state index contributed by atoms with van der Waals surface area (Å²) in [4.78, 5) is 0. The van der Waals surface area contributed by atoms with E-state index in [0.29, 0.717) is 5.11 Å². The molecule has 4 heteroatoms. The van der Waals surface area contributed by atoms with Gasteiger partial charge in [-0.1, -0.05) is 25.1 Å². The van der Waals surface area contributed by atoms with Crippen molar-refractivity contribution < 1.29 is 0 Å². The minimum Gasteiger partial charge on any atom is -0.331 e. The van der Waals surface area contributed by atoms with E-state index in [4.69, 9.17) is 12.2 Å². The molecule has 1 fully saturated rings. The number of benzene rings is 1. The first kappa shape index (κ1) is 13.0. The quantitative estimate of drug-likeness (QED) is 0.631. The van der Waals surface area contributed by atoms with Crippen LogP contribution < -0.4 is 10.7 Å². The fourth-order valence-corrected chi connectivity index (χ4v) is 2.34. The van der Waals surface area contributed by atoms with Crippen LogP contribution in [0.1, 0.15) is 32.6 Å². The molecule has 1 aliphatic carbocycles. The third-order valence-corrected chi connectivity index (χ3v) is 3.29. The lowest BCUT2D eigenvalue weighted by Gasteiger charge is -2.19. The zero-order valence-electron chi connectivity index (χ0n) is 10.6. The first-order valence-electron chi connectivity index (χ1n) is 6.41. The maximum absolute atomic E-state index is 5.20. The predicted octanol–water partition coefficient (Wildman–Crippen LogP) is 3.54. The van der Waals surface area contributed by atoms with Crippen LogP contribution in [0.5, 0.6) is 0 Å². The molecule has 0 amide bonds. The van der Waals surface area contributed by atoms with Crippen molar-refractivity contribution in [3.63, 3.8) is 0 Å². The van der Waals surface area contributed by atoms with Gasteiger partial charge in [-0.3, -0.25) is 5.43 Å². The largest absolute Gasteiger partial charge is 0.331 e. The Morgan fingerprint density at radius 2 is 2.11 bits per heavy atom. The van der Waals surface area contributed by atoms with Crippen LogP contribution in [0, 0.1) is 5.92 Å². The lowest BCUT2D eigenvalue weighted by Crippen LogP contribution is -2.26. The number of nitrogens with one attached hydrogen (secondary N) is 2. The smallest absolute Gasteiger partial charge is 0.191 e. The molecule has 0 bridgehead atoms. The van der Waals surface area contributed by atoms with Gasteiger partial charge < -0.3 is 5.32 Å². The fourth-order valence-electron chi connectivity index (χ4n) is 2.17. The normalized spacial score (nSPS) is 21.6. The highest BCUT2D eigenvalue weighted by Gasteiger charge is 2.13. The number of hydrazone groups is 1. The second kappa shape index (κ2) is 6.50. The molecule has 0 aliphatic heterocycles. The molecule has 96 valence electrons. The Bertz CT molecular complexity index is 428. The van der Waals surface area contributed by atoms with Crippen molar-refractivity contribution in [3.05, 3.63) is 30.3 Å². The van der Waals surface area contributed by atoms with Crippen LogP contribution in [0.15, 0.2) is 35.4 Å². The average molecular weight is 261 g/mol. The molecule has 0 heterocycles. The summed E-state index contributed by atoms with van der Waals surface area (Å²) in [5.74, 6) is 0.745. The van der Waals surface area contributed by atoms with Crippen LogP contribution in [0.25, 0.3) is 0 Å². The van der Waals surface area contributed by atoms with Crippen molar-refractivity contribution in [2.45, 2.75) is 32.6 Å². The molecule has 1 atom stereocenters. The number of nitrogens with zero attached hydrogens (tertiary/aromatic N) is 1. The third-order valence-electron chi connectivity index (χ3n) is 3.09. The molecule has 0 unspecified atom stereocenters. The third kappa shape index (κ3) is 4.11. The summed E-state index contributed by atoms with van der Waals surface area (Å²) in [7, 11) is 0. The van der Waals surface area contributed by atoms with E-state index in [0.717, 1.165) is 24.4 Å². The summed E-state index contributed by atoms with van der Waals surface area (Å²) in [6.45, 7) is 2.27. The van der Waals surface area contributed by atoms with E-state index in [-0.39, 0.29) is 0 Å². The molecule has 1 aromatic carbocycles. The Morgan fingerprint density at radius 3 is 2.83 bits per heavy atom. The summed E-state index contributed by atoms with van der Waals surface area (Å²) >= 11 is 5.20. The van der Waals surface area contributed by atoms with Gasteiger partial charge in [-0.25, -0.2) is 0 Å². The van der Waals surface area contributed by atoms with Gasteiger partial charge in [0.15, 0.2) is 5.11 Å². The van der Waals surface area contributed by atoms with Crippen molar-refractivity contribution >= 4 is 28.7 Å². The summed E-state index contributed by atoms with van der Waals surface area (Å²) in [6.07, 6.45) is 4.72. The molecule has 2 rings (SSSR count). The number of anilines is 1. The lowest BCUT2D eigenvalue weighted by atomic mass is 9.89. The summed E-state index contributed by atoms with van der Waals surface area (Å²) in [5.41, 5.74) is 5.14. The van der Waals surface area contributed by atoms with Gasteiger partial charge in [0.2, 0.25) is 0 Å². The SMILES string of the molecule is C[C@H]1CCC/C(=N/NC(=S)Nc2ccccc2)C1. The topological polar surface area (TPSA) is 36.4 Å². The first-order valence-corrected chi connectivity index (χ1v) is 6.82. The fraction of sp³-hybridized carbons (Fsp3) is 0.429. The molecule has 1 saturated carbocycles. The first-order chi connectivity index (χ1) is 8.74. The highest BCUT2D eigenvalue weighted by Crippen LogP contribution is 2.20. The van der Waals surface area contributed by atoms with Crippen LogP contribution in [-0.2, 0) is 0 Å². The Balaban J connectivity index is 1.83. The zero-order chi connectivity index (χ0) is 12.8. The zero-order valence-corrected chi connectivity index (χ0v) is 11.5. The van der Waals surface area contributed by atoms with E-state index < -0.39 is 0 Å². The van der Waals surface area contributed by atoms with Gasteiger partial charge in [0.1, 0.15) is 0 Å². The van der Waals surface area contributed by atoms with E-state index in [1.54, 1.807) is 0 Å². The maximum Gasteiger partial charge on any atom is 0.191 e. The number of thiocarbonyl (C=S) groups is 1. The molecular weight excluding hydrogens is 242 g/mol. The molecular formula is C14H19N3S. The van der Waals surface area contributed by atoms with Gasteiger partial charge in [-0.05, 0) is 56.0 Å². The second-order valence-corrected chi connectivity index (χ2v) is 5.22. The minimum atomic E-state index is 0.548. The van der Waals surface area contributed by atoms with Gasteiger partial charge in [-0.2, -0.15) is 5.10 Å². The van der Waals surface area contributed by atoms with Gasteiger partial charge in [0, 0.05) is 11.4 Å². The van der Waals surface area contributed by atoms with Crippen molar-refractivity contribution in [2.24, 2.45) is 11.0 Å². The van der Waals surface area contributed by atoms with Crippen molar-refractivity contribution in [2.75, 3.05) is 5.32 Å². The van der Waals surface area contributed by atoms with E-state index >= 15 is 0 Å².